The van der Waals surface area contributed by atoms with Gasteiger partial charge in [-0.3, -0.25) is 4.90 Å². The molecular weight excluding hydrogens is 386 g/mol. The zero-order valence-electron chi connectivity index (χ0n) is 18.2. The number of esters is 1. The SMILES string of the molecule is COC(=O)c1ccc(C#CCN2C(=O)OCCC2CO[Si](C)(C)C(C)(C)C)cc1. The Labute approximate surface area is 174 Å². The molecule has 0 N–H and O–H groups in total. The largest absolute Gasteiger partial charge is 0.465 e. The van der Waals surface area contributed by atoms with Crippen molar-refractivity contribution in [2.24, 2.45) is 0 Å². The first kappa shape index (κ1) is 23.0. The molecule has 0 aliphatic carbocycles. The molecule has 2 rings (SSSR count). The van der Waals surface area contributed by atoms with Crippen LogP contribution < -0.4 is 0 Å². The number of nitrogens with zero attached hydrogens (tertiary/aromatic N) is 1. The minimum absolute atomic E-state index is 0.0404. The molecule has 7 heteroatoms. The number of ether oxygens (including phenoxy) is 2. The molecule has 0 aromatic heterocycles. The lowest BCUT2D eigenvalue weighted by Gasteiger charge is -2.40. The van der Waals surface area contributed by atoms with Crippen molar-refractivity contribution in [1.29, 1.82) is 0 Å². The van der Waals surface area contributed by atoms with E-state index in [1.165, 1.54) is 7.11 Å². The summed E-state index contributed by atoms with van der Waals surface area (Å²) in [6, 6.07) is 6.81. The highest BCUT2D eigenvalue weighted by Crippen LogP contribution is 2.36. The first-order chi connectivity index (χ1) is 13.5. The summed E-state index contributed by atoms with van der Waals surface area (Å²) in [4.78, 5) is 25.4. The van der Waals surface area contributed by atoms with Gasteiger partial charge in [-0.25, -0.2) is 9.59 Å². The molecular formula is C22H31NO5Si. The van der Waals surface area contributed by atoms with Crippen LogP contribution in [0.3, 0.4) is 0 Å². The van der Waals surface area contributed by atoms with Gasteiger partial charge in [-0.2, -0.15) is 0 Å². The van der Waals surface area contributed by atoms with Gasteiger partial charge in [0, 0.05) is 12.0 Å². The Morgan fingerprint density at radius 3 is 2.52 bits per heavy atom. The number of cyclic esters (lactones) is 1. The summed E-state index contributed by atoms with van der Waals surface area (Å²) < 4.78 is 16.2. The molecule has 6 nitrogen and oxygen atoms in total. The summed E-state index contributed by atoms with van der Waals surface area (Å²) in [6.07, 6.45) is 0.381. The van der Waals surface area contributed by atoms with Gasteiger partial charge in [0.25, 0.3) is 0 Å². The molecule has 1 atom stereocenters. The van der Waals surface area contributed by atoms with Crippen molar-refractivity contribution in [2.75, 3.05) is 26.9 Å². The van der Waals surface area contributed by atoms with Crippen molar-refractivity contribution in [2.45, 2.75) is 51.4 Å². The standard InChI is InChI=1S/C22H31NO5Si/c1-22(2,3)29(5,6)28-16-19-13-15-27-21(25)23(19)14-7-8-17-9-11-18(12-10-17)20(24)26-4/h9-12,19H,13-16H2,1-6H3. The van der Waals surface area contributed by atoms with E-state index in [2.05, 4.69) is 50.4 Å². The molecule has 1 fully saturated rings. The van der Waals surface area contributed by atoms with Gasteiger partial charge in [0.2, 0.25) is 0 Å². The monoisotopic (exact) mass is 417 g/mol. The fraction of sp³-hybridized carbons (Fsp3) is 0.545. The van der Waals surface area contributed by atoms with Gasteiger partial charge < -0.3 is 13.9 Å². The summed E-state index contributed by atoms with van der Waals surface area (Å²) in [6.45, 7) is 12.2. The van der Waals surface area contributed by atoms with E-state index >= 15 is 0 Å². The van der Waals surface area contributed by atoms with E-state index in [0.29, 0.717) is 18.8 Å². The third kappa shape index (κ3) is 6.08. The number of carbonyl (C=O) groups excluding carboxylic acids is 2. The Bertz CT molecular complexity index is 786. The Morgan fingerprint density at radius 2 is 1.93 bits per heavy atom. The number of amides is 1. The molecule has 1 unspecified atom stereocenters. The van der Waals surface area contributed by atoms with Gasteiger partial charge in [0.15, 0.2) is 8.32 Å². The van der Waals surface area contributed by atoms with Crippen LogP contribution in [-0.4, -0.2) is 58.2 Å². The number of benzene rings is 1. The fourth-order valence-corrected chi connectivity index (χ4v) is 3.63. The second kappa shape index (κ2) is 9.46. The zero-order chi connectivity index (χ0) is 21.7. The number of carbonyl (C=O) groups is 2. The normalized spacial score (nSPS) is 17.2. The van der Waals surface area contributed by atoms with Crippen LogP contribution in [0.4, 0.5) is 4.79 Å². The minimum atomic E-state index is -1.89. The molecule has 29 heavy (non-hydrogen) atoms. The van der Waals surface area contributed by atoms with Crippen molar-refractivity contribution in [1.82, 2.24) is 4.90 Å². The van der Waals surface area contributed by atoms with E-state index in [4.69, 9.17) is 9.16 Å². The molecule has 1 aliphatic heterocycles. The second-order valence-electron chi connectivity index (χ2n) is 8.63. The molecule has 158 valence electrons. The summed E-state index contributed by atoms with van der Waals surface area (Å²) in [7, 11) is -0.549. The van der Waals surface area contributed by atoms with Crippen molar-refractivity contribution in [3.63, 3.8) is 0 Å². The summed E-state index contributed by atoms with van der Waals surface area (Å²) >= 11 is 0. The second-order valence-corrected chi connectivity index (χ2v) is 13.4. The first-order valence-electron chi connectivity index (χ1n) is 9.80. The van der Waals surface area contributed by atoms with Crippen molar-refractivity contribution in [3.05, 3.63) is 35.4 Å². The Kier molecular flexibility index (Phi) is 7.50. The number of rotatable bonds is 5. The van der Waals surface area contributed by atoms with Crippen LogP contribution in [0.25, 0.3) is 0 Å². The predicted molar refractivity (Wildman–Crippen MR) is 114 cm³/mol. The maximum absolute atomic E-state index is 12.3. The van der Waals surface area contributed by atoms with E-state index in [1.807, 2.05) is 0 Å². The van der Waals surface area contributed by atoms with Gasteiger partial charge in [-0.05, 0) is 42.4 Å². The number of methoxy groups -OCH3 is 1. The van der Waals surface area contributed by atoms with Gasteiger partial charge in [0.1, 0.15) is 0 Å². The van der Waals surface area contributed by atoms with Crippen molar-refractivity contribution >= 4 is 20.4 Å². The van der Waals surface area contributed by atoms with Gasteiger partial charge in [0.05, 0.1) is 38.5 Å². The van der Waals surface area contributed by atoms with E-state index in [1.54, 1.807) is 29.2 Å². The zero-order valence-corrected chi connectivity index (χ0v) is 19.2. The molecule has 1 aliphatic rings. The van der Waals surface area contributed by atoms with Gasteiger partial charge in [-0.15, -0.1) is 0 Å². The molecule has 1 aromatic carbocycles. The third-order valence-electron chi connectivity index (χ3n) is 5.58. The van der Waals surface area contributed by atoms with Gasteiger partial charge >= 0.3 is 12.1 Å². The lowest BCUT2D eigenvalue weighted by molar-refractivity contribution is 0.0332. The predicted octanol–water partition coefficient (Wildman–Crippen LogP) is 4.06. The fourth-order valence-electron chi connectivity index (χ4n) is 2.59. The minimum Gasteiger partial charge on any atom is -0.465 e. The van der Waals surface area contributed by atoms with E-state index in [9.17, 15) is 9.59 Å². The van der Waals surface area contributed by atoms with Crippen LogP contribution in [0.1, 0.15) is 43.1 Å². The van der Waals surface area contributed by atoms with E-state index in [-0.39, 0.29) is 29.7 Å². The summed E-state index contributed by atoms with van der Waals surface area (Å²) in [5.74, 6) is 5.68. The summed E-state index contributed by atoms with van der Waals surface area (Å²) in [5.41, 5.74) is 1.23. The number of hydrogen-bond donors (Lipinski definition) is 0. The quantitative estimate of drug-likeness (QED) is 0.411. The number of hydrogen-bond acceptors (Lipinski definition) is 5. The average Bonchev–Trinajstić information content (AvgIpc) is 2.67. The van der Waals surface area contributed by atoms with E-state index < -0.39 is 8.32 Å². The molecule has 1 amide bonds. The first-order valence-corrected chi connectivity index (χ1v) is 12.7. The molecule has 0 spiro atoms. The maximum Gasteiger partial charge on any atom is 0.410 e. The average molecular weight is 418 g/mol. The Morgan fingerprint density at radius 1 is 1.28 bits per heavy atom. The highest BCUT2D eigenvalue weighted by Gasteiger charge is 2.39. The van der Waals surface area contributed by atoms with Crippen LogP contribution in [0.15, 0.2) is 24.3 Å². The van der Waals surface area contributed by atoms with E-state index in [0.717, 1.165) is 12.0 Å². The van der Waals surface area contributed by atoms with Crippen molar-refractivity contribution < 1.29 is 23.5 Å². The van der Waals surface area contributed by atoms with Crippen LogP contribution in [0, 0.1) is 11.8 Å². The van der Waals surface area contributed by atoms with Crippen LogP contribution >= 0.6 is 0 Å². The van der Waals surface area contributed by atoms with Crippen LogP contribution in [-0.2, 0) is 13.9 Å². The van der Waals surface area contributed by atoms with Gasteiger partial charge in [-0.1, -0.05) is 32.6 Å². The lowest BCUT2D eigenvalue weighted by Crippen LogP contribution is -2.51. The smallest absolute Gasteiger partial charge is 0.410 e. The lowest BCUT2D eigenvalue weighted by atomic mass is 10.1. The maximum atomic E-state index is 12.3. The van der Waals surface area contributed by atoms with Crippen LogP contribution in [0.2, 0.25) is 18.1 Å². The third-order valence-corrected chi connectivity index (χ3v) is 10.1. The highest BCUT2D eigenvalue weighted by molar-refractivity contribution is 6.74. The Hall–Kier alpha value is -2.30. The molecule has 1 aromatic rings. The molecule has 0 bridgehead atoms. The topological polar surface area (TPSA) is 65.1 Å². The summed E-state index contributed by atoms with van der Waals surface area (Å²) in [5, 5.41) is 0.114. The highest BCUT2D eigenvalue weighted by atomic mass is 28.4. The molecule has 1 saturated heterocycles. The van der Waals surface area contributed by atoms with Crippen molar-refractivity contribution in [3.8, 4) is 11.8 Å². The molecule has 0 saturated carbocycles. The van der Waals surface area contributed by atoms with Crippen LogP contribution in [0.5, 0.6) is 0 Å². The molecule has 1 heterocycles. The Balaban J connectivity index is 2.02. The molecule has 0 radical (unpaired) electrons.